The van der Waals surface area contributed by atoms with E-state index in [1.807, 2.05) is 17.0 Å². The molecule has 2 fully saturated rings. The van der Waals surface area contributed by atoms with Gasteiger partial charge in [-0.05, 0) is 37.1 Å². The highest BCUT2D eigenvalue weighted by atomic mass is 16.2. The van der Waals surface area contributed by atoms with E-state index in [0.717, 1.165) is 45.6 Å². The van der Waals surface area contributed by atoms with Gasteiger partial charge in [0.05, 0.1) is 0 Å². The lowest BCUT2D eigenvalue weighted by molar-refractivity contribution is 0.122. The first kappa shape index (κ1) is 13.2. The largest absolute Gasteiger partial charge is 0.384 e. The molecule has 3 heterocycles. The molecule has 108 valence electrons. The molecule has 0 aromatic carbocycles. The van der Waals surface area contributed by atoms with Crippen molar-refractivity contribution in [2.75, 3.05) is 31.9 Å². The summed E-state index contributed by atoms with van der Waals surface area (Å²) < 4.78 is 0. The van der Waals surface area contributed by atoms with Crippen LogP contribution in [0.15, 0.2) is 18.3 Å². The van der Waals surface area contributed by atoms with Gasteiger partial charge in [0.2, 0.25) is 0 Å². The minimum absolute atomic E-state index is 0.0880. The highest BCUT2D eigenvalue weighted by Gasteiger charge is 2.31. The van der Waals surface area contributed by atoms with Crippen molar-refractivity contribution < 1.29 is 4.79 Å². The number of pyridine rings is 1. The number of urea groups is 1. The van der Waals surface area contributed by atoms with Gasteiger partial charge in [-0.1, -0.05) is 0 Å². The van der Waals surface area contributed by atoms with E-state index < -0.39 is 0 Å². The fourth-order valence-corrected chi connectivity index (χ4v) is 3.11. The maximum atomic E-state index is 11.8. The van der Waals surface area contributed by atoms with Gasteiger partial charge >= 0.3 is 6.03 Å². The first-order valence-corrected chi connectivity index (χ1v) is 7.19. The number of carbonyl (C=O) groups excluding carboxylic acids is 1. The van der Waals surface area contributed by atoms with Gasteiger partial charge in [0.25, 0.3) is 0 Å². The number of carbonyl (C=O) groups is 1. The quantitative estimate of drug-likeness (QED) is 0.849. The van der Waals surface area contributed by atoms with Crippen LogP contribution in [-0.4, -0.2) is 53.0 Å². The van der Waals surface area contributed by atoms with Gasteiger partial charge in [0.15, 0.2) is 0 Å². The molecule has 3 rings (SSSR count). The molecule has 2 aliphatic heterocycles. The van der Waals surface area contributed by atoms with E-state index in [4.69, 9.17) is 5.73 Å². The van der Waals surface area contributed by atoms with Crippen LogP contribution >= 0.6 is 0 Å². The summed E-state index contributed by atoms with van der Waals surface area (Å²) in [7, 11) is 0. The number of nitrogens with zero attached hydrogens (tertiary/aromatic N) is 3. The number of nitrogens with two attached hydrogens (primary N) is 1. The lowest BCUT2D eigenvalue weighted by Gasteiger charge is -2.37. The van der Waals surface area contributed by atoms with Crippen molar-refractivity contribution >= 4 is 11.8 Å². The Labute approximate surface area is 118 Å². The van der Waals surface area contributed by atoms with E-state index >= 15 is 0 Å². The van der Waals surface area contributed by atoms with Crippen molar-refractivity contribution in [3.8, 4) is 0 Å². The molecule has 0 spiro atoms. The highest BCUT2D eigenvalue weighted by Crippen LogP contribution is 2.19. The zero-order valence-electron chi connectivity index (χ0n) is 11.6. The second-order valence-corrected chi connectivity index (χ2v) is 5.55. The molecule has 1 atom stereocenters. The van der Waals surface area contributed by atoms with Crippen LogP contribution in [0.2, 0.25) is 0 Å². The molecule has 6 nitrogen and oxygen atoms in total. The Morgan fingerprint density at radius 3 is 3.10 bits per heavy atom. The summed E-state index contributed by atoms with van der Waals surface area (Å²) in [6.45, 7) is 4.50. The van der Waals surface area contributed by atoms with Crippen molar-refractivity contribution in [2.45, 2.75) is 25.4 Å². The number of amides is 2. The highest BCUT2D eigenvalue weighted by molar-refractivity contribution is 5.76. The van der Waals surface area contributed by atoms with Crippen LogP contribution in [0.25, 0.3) is 0 Å². The Hall–Kier alpha value is -1.82. The van der Waals surface area contributed by atoms with Gasteiger partial charge in [-0.25, -0.2) is 9.78 Å². The van der Waals surface area contributed by atoms with Crippen LogP contribution in [0.5, 0.6) is 0 Å². The Balaban J connectivity index is 1.62. The molecule has 1 aromatic rings. The van der Waals surface area contributed by atoms with Crippen molar-refractivity contribution in [2.24, 2.45) is 0 Å². The van der Waals surface area contributed by atoms with Crippen molar-refractivity contribution in [3.63, 3.8) is 0 Å². The van der Waals surface area contributed by atoms with Crippen molar-refractivity contribution in [3.05, 3.63) is 23.9 Å². The number of hydrogen-bond donors (Lipinski definition) is 2. The lowest BCUT2D eigenvalue weighted by atomic mass is 10.0. The molecule has 0 saturated carbocycles. The Morgan fingerprint density at radius 2 is 2.35 bits per heavy atom. The minimum atomic E-state index is 0.0880. The van der Waals surface area contributed by atoms with Gasteiger partial charge in [-0.15, -0.1) is 0 Å². The monoisotopic (exact) mass is 275 g/mol. The summed E-state index contributed by atoms with van der Waals surface area (Å²) in [4.78, 5) is 20.2. The van der Waals surface area contributed by atoms with Crippen LogP contribution in [-0.2, 0) is 6.54 Å². The third-order valence-corrected chi connectivity index (χ3v) is 4.06. The van der Waals surface area contributed by atoms with Crippen molar-refractivity contribution in [1.82, 2.24) is 20.1 Å². The molecule has 2 amide bonds. The van der Waals surface area contributed by atoms with Crippen LogP contribution < -0.4 is 11.1 Å². The summed E-state index contributed by atoms with van der Waals surface area (Å²) in [5.41, 5.74) is 6.90. The van der Waals surface area contributed by atoms with E-state index in [1.165, 1.54) is 5.56 Å². The van der Waals surface area contributed by atoms with Crippen molar-refractivity contribution in [1.29, 1.82) is 0 Å². The molecule has 2 aliphatic rings. The molecular formula is C14H21N5O. The predicted octanol–water partition coefficient (Wildman–Crippen LogP) is 0.653. The molecule has 6 heteroatoms. The molecule has 0 aliphatic carbocycles. The molecule has 0 bridgehead atoms. The summed E-state index contributed by atoms with van der Waals surface area (Å²) in [6.07, 6.45) is 3.98. The topological polar surface area (TPSA) is 74.5 Å². The molecule has 2 saturated heterocycles. The number of nitrogen functional groups attached to an aromatic ring is 1. The molecule has 20 heavy (non-hydrogen) atoms. The second-order valence-electron chi connectivity index (χ2n) is 5.55. The second kappa shape index (κ2) is 5.66. The number of rotatable bonds is 3. The maximum absolute atomic E-state index is 11.8. The number of nitrogens with one attached hydrogen (secondary N) is 1. The third-order valence-electron chi connectivity index (χ3n) is 4.06. The predicted molar refractivity (Wildman–Crippen MR) is 77.1 cm³/mol. The van der Waals surface area contributed by atoms with Gasteiger partial charge < -0.3 is 16.0 Å². The third kappa shape index (κ3) is 2.85. The smallest absolute Gasteiger partial charge is 0.317 e. The summed E-state index contributed by atoms with van der Waals surface area (Å²) in [5, 5.41) is 2.88. The van der Waals surface area contributed by atoms with Gasteiger partial charge in [0.1, 0.15) is 5.82 Å². The van der Waals surface area contributed by atoms with Gasteiger partial charge in [-0.2, -0.15) is 0 Å². The maximum Gasteiger partial charge on any atom is 0.317 e. The van der Waals surface area contributed by atoms with E-state index in [-0.39, 0.29) is 6.03 Å². The summed E-state index contributed by atoms with van der Waals surface area (Å²) in [5.74, 6) is 0.565. The summed E-state index contributed by atoms with van der Waals surface area (Å²) >= 11 is 0. The number of likely N-dealkylation sites (tertiary alicyclic amines) is 1. The number of piperidine rings is 1. The van der Waals surface area contributed by atoms with Gasteiger partial charge in [-0.3, -0.25) is 4.90 Å². The standard InChI is InChI=1S/C14H21N5O/c15-13-8-11(3-4-16-13)9-18-6-1-2-12(10-18)19-7-5-17-14(19)20/h3-4,8,12H,1-2,5-7,9-10H2,(H2,15,16)(H,17,20). The van der Waals surface area contributed by atoms with Crippen LogP contribution in [0.4, 0.5) is 10.6 Å². The number of hydrogen-bond acceptors (Lipinski definition) is 4. The zero-order chi connectivity index (χ0) is 13.9. The first-order chi connectivity index (χ1) is 9.72. The van der Waals surface area contributed by atoms with E-state index in [9.17, 15) is 4.79 Å². The average Bonchev–Trinajstić information content (AvgIpc) is 2.85. The molecule has 0 radical (unpaired) electrons. The first-order valence-electron chi connectivity index (χ1n) is 7.19. The molecular weight excluding hydrogens is 254 g/mol. The zero-order valence-corrected chi connectivity index (χ0v) is 11.6. The number of anilines is 1. The average molecular weight is 275 g/mol. The normalized spacial score (nSPS) is 23.9. The Morgan fingerprint density at radius 1 is 1.45 bits per heavy atom. The van der Waals surface area contributed by atoms with Crippen LogP contribution in [0, 0.1) is 0 Å². The van der Waals surface area contributed by atoms with E-state index in [1.54, 1.807) is 6.20 Å². The fraction of sp³-hybridized carbons (Fsp3) is 0.571. The number of aromatic nitrogens is 1. The van der Waals surface area contributed by atoms with Crippen LogP contribution in [0.1, 0.15) is 18.4 Å². The molecule has 1 unspecified atom stereocenters. The summed E-state index contributed by atoms with van der Waals surface area (Å²) in [6, 6.07) is 4.35. The van der Waals surface area contributed by atoms with Gasteiger partial charge in [0, 0.05) is 38.4 Å². The van der Waals surface area contributed by atoms with E-state index in [0.29, 0.717) is 11.9 Å². The fourth-order valence-electron chi connectivity index (χ4n) is 3.11. The molecule has 3 N–H and O–H groups in total. The van der Waals surface area contributed by atoms with Crippen LogP contribution in [0.3, 0.4) is 0 Å². The SMILES string of the molecule is Nc1cc(CN2CCCC(N3CCNC3=O)C2)ccn1. The Kier molecular flexibility index (Phi) is 3.73. The minimum Gasteiger partial charge on any atom is -0.384 e. The molecule has 1 aromatic heterocycles. The van der Waals surface area contributed by atoms with E-state index in [2.05, 4.69) is 15.2 Å². The lowest BCUT2D eigenvalue weighted by Crippen LogP contribution is -2.48. The Bertz CT molecular complexity index is 492.